The van der Waals surface area contributed by atoms with Gasteiger partial charge in [-0.1, -0.05) is 69.0 Å². The van der Waals surface area contributed by atoms with Gasteiger partial charge in [-0.25, -0.2) is 4.98 Å². The monoisotopic (exact) mass is 998 g/mol. The van der Waals surface area contributed by atoms with Crippen molar-refractivity contribution in [1.29, 1.82) is 0 Å². The number of hydrogen-bond acceptors (Lipinski definition) is 4. The number of furan rings is 1. The quantitative estimate of drug-likeness (QED) is 0.112. The Morgan fingerprint density at radius 2 is 1.58 bits per heavy atom. The maximum absolute atomic E-state index is 8.60. The Kier molecular flexibility index (Phi) is 10.8. The molecular formula is C50H54GeIrN4O-2. The molecular weight excluding hydrogens is 937 g/mol. The van der Waals surface area contributed by atoms with E-state index in [1.165, 1.54) is 22.9 Å². The first-order valence-corrected chi connectivity index (χ1v) is 26.9. The summed E-state index contributed by atoms with van der Waals surface area (Å²) < 4.78 is 49.3. The van der Waals surface area contributed by atoms with Gasteiger partial charge < -0.3 is 8.98 Å². The number of rotatable bonds is 8. The van der Waals surface area contributed by atoms with Crippen molar-refractivity contribution in [2.45, 2.75) is 90.8 Å². The van der Waals surface area contributed by atoms with Crippen molar-refractivity contribution >= 4 is 50.8 Å². The van der Waals surface area contributed by atoms with Gasteiger partial charge in [0.1, 0.15) is 0 Å². The average Bonchev–Trinajstić information content (AvgIpc) is 3.78. The van der Waals surface area contributed by atoms with Crippen molar-refractivity contribution in [3.63, 3.8) is 0 Å². The summed E-state index contributed by atoms with van der Waals surface area (Å²) in [5.74, 6) is 8.08. The summed E-state index contributed by atoms with van der Waals surface area (Å²) in [5.41, 5.74) is 11.3. The second-order valence-corrected chi connectivity index (χ2v) is 27.1. The number of hydrogen-bond donors (Lipinski definition) is 0. The first kappa shape index (κ1) is 35.8. The average molecular weight is 997 g/mol. The molecule has 5 nitrogen and oxygen atoms in total. The fourth-order valence-corrected chi connectivity index (χ4v) is 10.2. The summed E-state index contributed by atoms with van der Waals surface area (Å²) in [6.07, 6.45) is 0.362. The number of aryl methyl sites for hydroxylation is 2. The molecule has 4 heterocycles. The summed E-state index contributed by atoms with van der Waals surface area (Å²) >= 11 is -2.32. The van der Waals surface area contributed by atoms with Crippen LogP contribution < -0.4 is 4.40 Å². The smallest absolute Gasteiger partial charge is 0 e. The molecule has 0 aliphatic rings. The molecule has 0 bridgehead atoms. The summed E-state index contributed by atoms with van der Waals surface area (Å²) in [6.45, 7) is 12.6. The Labute approximate surface area is 362 Å². The Bertz CT molecular complexity index is 2850. The molecule has 0 amide bonds. The number of aromatic nitrogens is 4. The van der Waals surface area contributed by atoms with Crippen LogP contribution in [0.4, 0.5) is 0 Å². The molecule has 8 rings (SSSR count). The molecule has 0 saturated carbocycles. The summed E-state index contributed by atoms with van der Waals surface area (Å²) in [4.78, 5) is 14.3. The Balaban J connectivity index is 0.000000214. The van der Waals surface area contributed by atoms with Crippen LogP contribution in [0.25, 0.3) is 61.4 Å². The third-order valence-corrected chi connectivity index (χ3v) is 14.3. The predicted octanol–water partition coefficient (Wildman–Crippen LogP) is 12.9. The molecule has 295 valence electrons. The van der Waals surface area contributed by atoms with Gasteiger partial charge >= 0.3 is 139 Å². The molecule has 7 heteroatoms. The molecule has 0 aliphatic carbocycles. The third-order valence-electron chi connectivity index (χ3n) is 10.0. The van der Waals surface area contributed by atoms with Crippen LogP contribution in [0.3, 0.4) is 0 Å². The molecule has 57 heavy (non-hydrogen) atoms. The number of benzene rings is 4. The van der Waals surface area contributed by atoms with Gasteiger partial charge in [-0.05, 0) is 54.2 Å². The molecule has 8 aromatic rings. The van der Waals surface area contributed by atoms with E-state index in [0.29, 0.717) is 34.4 Å². The molecule has 4 aromatic heterocycles. The number of nitrogens with zero attached hydrogens (tertiary/aromatic N) is 4. The van der Waals surface area contributed by atoms with Crippen LogP contribution in [0.15, 0.2) is 102 Å². The molecule has 4 aromatic carbocycles. The van der Waals surface area contributed by atoms with Crippen LogP contribution in [0.1, 0.15) is 88.2 Å². The molecule has 0 aliphatic heterocycles. The van der Waals surface area contributed by atoms with Gasteiger partial charge in [-0.3, -0.25) is 4.98 Å². The van der Waals surface area contributed by atoms with Gasteiger partial charge in [0.25, 0.3) is 0 Å². The van der Waals surface area contributed by atoms with Crippen LogP contribution in [0.5, 0.6) is 0 Å². The number of pyridine rings is 2. The standard InChI is InChI=1S/C31H28N3O.C19H26GeN.Ir/c1-18(2)21-10-8-11-22(19(3)4)28(21)34-27-15-7-6-14-26(27)33-30(34)25-13-9-12-23-24-17-16-20(5)32-31(24)35-29(23)25;1-14(2)11-17-12-19(16-9-7-15(3)8-10-16)21-13-18(17)20(4,5)6;/h6-12,14-19H,1-5H3;7-9,12-14H,11H2,1-6H3;/q2*-1;/i;3D3,11D2;. The molecule has 0 spiro atoms. The van der Waals surface area contributed by atoms with E-state index in [0.717, 1.165) is 48.9 Å². The number of para-hydroxylation sites is 3. The second kappa shape index (κ2) is 17.2. The first-order valence-electron chi connectivity index (χ1n) is 22.0. The summed E-state index contributed by atoms with van der Waals surface area (Å²) in [7, 11) is 0. The van der Waals surface area contributed by atoms with Gasteiger partial charge in [0.05, 0.1) is 22.4 Å². The predicted molar refractivity (Wildman–Crippen MR) is 238 cm³/mol. The second-order valence-electron chi connectivity index (χ2n) is 16.5. The summed E-state index contributed by atoms with van der Waals surface area (Å²) in [6, 6.07) is 36.1. The van der Waals surface area contributed by atoms with Crippen molar-refractivity contribution < 1.29 is 31.4 Å². The molecule has 0 fully saturated rings. The molecule has 0 N–H and O–H groups in total. The van der Waals surface area contributed by atoms with Crippen molar-refractivity contribution in [3.8, 4) is 28.3 Å². The van der Waals surface area contributed by atoms with E-state index in [2.05, 4.69) is 120 Å². The maximum Gasteiger partial charge on any atom is 0 e. The normalized spacial score (nSPS) is 13.6. The molecule has 0 saturated heterocycles. The van der Waals surface area contributed by atoms with E-state index in [4.69, 9.17) is 16.3 Å². The fourth-order valence-electron chi connectivity index (χ4n) is 7.29. The van der Waals surface area contributed by atoms with Crippen molar-refractivity contribution in [3.05, 3.63) is 137 Å². The van der Waals surface area contributed by atoms with Gasteiger partial charge in [-0.2, -0.15) is 0 Å². The minimum absolute atomic E-state index is 0. The Hall–Kier alpha value is -4.36. The number of imidazole rings is 1. The van der Waals surface area contributed by atoms with E-state index in [9.17, 15) is 0 Å². The zero-order chi connectivity index (χ0) is 44.2. The zero-order valence-electron chi connectivity index (χ0n) is 39.5. The number of fused-ring (bicyclic) bond motifs is 4. The largest absolute Gasteiger partial charge is 0 e. The van der Waals surface area contributed by atoms with Crippen molar-refractivity contribution in [2.75, 3.05) is 0 Å². The molecule has 0 atom stereocenters. The van der Waals surface area contributed by atoms with Gasteiger partial charge in [0.15, 0.2) is 0 Å². The summed E-state index contributed by atoms with van der Waals surface area (Å²) in [5, 5.41) is 2.04. The Morgan fingerprint density at radius 1 is 0.842 bits per heavy atom. The van der Waals surface area contributed by atoms with E-state index >= 15 is 0 Å². The minimum Gasteiger partial charge on any atom is 0 e. The SMILES string of the molecule is Cc1ccc2c(n1)oc1c(-c3nc4ccccc4n3-c3c(C(C)C)cccc3C(C)C)[c-]ccc12.[2H]C([2H])([2H])c1c[c-]c(-c2cc(C([2H])([2H])C(C)C)[c]([Ge]([CH3])([CH3])[CH3])cn2)cc1.[Ir]. The van der Waals surface area contributed by atoms with Crippen molar-refractivity contribution in [1.82, 2.24) is 19.5 Å². The Morgan fingerprint density at radius 3 is 2.23 bits per heavy atom. The topological polar surface area (TPSA) is 56.7 Å². The van der Waals surface area contributed by atoms with Gasteiger partial charge in [0.2, 0.25) is 5.71 Å². The van der Waals surface area contributed by atoms with Gasteiger partial charge in [-0.15, -0.1) is 18.2 Å². The third kappa shape index (κ3) is 8.74. The fraction of sp³-hybridized carbons (Fsp3) is 0.300. The van der Waals surface area contributed by atoms with Crippen LogP contribution in [-0.2, 0) is 26.5 Å². The molecule has 1 radical (unpaired) electrons. The first-order chi connectivity index (χ1) is 28.7. The minimum atomic E-state index is -2.32. The van der Waals surface area contributed by atoms with Crippen LogP contribution in [0.2, 0.25) is 17.3 Å². The van der Waals surface area contributed by atoms with E-state index in [1.54, 1.807) is 12.1 Å². The van der Waals surface area contributed by atoms with Crippen LogP contribution in [-0.4, -0.2) is 32.8 Å². The maximum atomic E-state index is 8.60. The van der Waals surface area contributed by atoms with E-state index < -0.39 is 26.5 Å². The van der Waals surface area contributed by atoms with Crippen LogP contribution in [0, 0.1) is 31.8 Å². The molecule has 0 unspecified atom stereocenters. The van der Waals surface area contributed by atoms with E-state index in [1.807, 2.05) is 51.2 Å². The van der Waals surface area contributed by atoms with Crippen LogP contribution >= 0.6 is 0 Å². The van der Waals surface area contributed by atoms with Gasteiger partial charge in [0, 0.05) is 36.9 Å². The van der Waals surface area contributed by atoms with Crippen molar-refractivity contribution in [2.24, 2.45) is 5.92 Å². The zero-order valence-corrected chi connectivity index (χ0v) is 39.0. The van der Waals surface area contributed by atoms with E-state index in [-0.39, 0.29) is 31.6 Å².